The van der Waals surface area contributed by atoms with E-state index in [0.717, 1.165) is 32.5 Å². The van der Waals surface area contributed by atoms with Gasteiger partial charge in [-0.3, -0.25) is 0 Å². The molecule has 1 saturated heterocycles. The van der Waals surface area contributed by atoms with Crippen LogP contribution in [0.25, 0.3) is 0 Å². The molecule has 0 aromatic carbocycles. The van der Waals surface area contributed by atoms with Crippen LogP contribution in [0.5, 0.6) is 0 Å². The highest BCUT2D eigenvalue weighted by Crippen LogP contribution is 2.27. The summed E-state index contributed by atoms with van der Waals surface area (Å²) < 4.78 is 4.58. The summed E-state index contributed by atoms with van der Waals surface area (Å²) in [5.41, 5.74) is 0.509. The lowest BCUT2D eigenvalue weighted by atomic mass is 9.81. The van der Waals surface area contributed by atoms with Gasteiger partial charge in [0.2, 0.25) is 0 Å². The van der Waals surface area contributed by atoms with Gasteiger partial charge in [0, 0.05) is 6.54 Å². The van der Waals surface area contributed by atoms with Gasteiger partial charge in [-0.25, -0.2) is 4.79 Å². The Kier molecular flexibility index (Phi) is 4.31. The minimum Gasteiger partial charge on any atom is -0.464 e. The van der Waals surface area contributed by atoms with Crippen molar-refractivity contribution in [3.8, 4) is 0 Å². The van der Waals surface area contributed by atoms with Crippen LogP contribution in [-0.2, 0) is 4.74 Å². The van der Waals surface area contributed by atoms with Gasteiger partial charge >= 0.3 is 5.97 Å². The van der Waals surface area contributed by atoms with Gasteiger partial charge < -0.3 is 15.4 Å². The summed E-state index contributed by atoms with van der Waals surface area (Å²) in [5, 5.41) is 14.5. The van der Waals surface area contributed by atoms with Gasteiger partial charge in [0.25, 0.3) is 0 Å². The van der Waals surface area contributed by atoms with Crippen LogP contribution in [0.3, 0.4) is 0 Å². The largest absolute Gasteiger partial charge is 0.464 e. The lowest BCUT2D eigenvalue weighted by molar-refractivity contribution is 0.0592. The summed E-state index contributed by atoms with van der Waals surface area (Å²) in [4.78, 5) is 11.2. The van der Waals surface area contributed by atoms with E-state index in [1.165, 1.54) is 7.11 Å². The molecular weight excluding hydrogens is 244 g/mol. The van der Waals surface area contributed by atoms with Gasteiger partial charge in [-0.15, -0.1) is 10.2 Å². The third-order valence-electron chi connectivity index (χ3n) is 3.57. The fourth-order valence-corrected chi connectivity index (χ4v) is 2.15. The average Bonchev–Trinajstić information content (AvgIpc) is 2.46. The average molecular weight is 264 g/mol. The molecule has 2 heterocycles. The van der Waals surface area contributed by atoms with E-state index in [9.17, 15) is 4.79 Å². The number of ether oxygens (including phenoxy) is 1. The van der Waals surface area contributed by atoms with Crippen molar-refractivity contribution in [2.75, 3.05) is 32.1 Å². The summed E-state index contributed by atoms with van der Waals surface area (Å²) in [5.74, 6) is 0.219. The number of piperidine rings is 1. The minimum absolute atomic E-state index is 0.223. The van der Waals surface area contributed by atoms with Crippen molar-refractivity contribution in [2.45, 2.75) is 19.8 Å². The Morgan fingerprint density at radius 3 is 2.74 bits per heavy atom. The summed E-state index contributed by atoms with van der Waals surface area (Å²) in [6, 6.07) is 3.37. The van der Waals surface area contributed by atoms with Crippen LogP contribution in [0.4, 0.5) is 5.82 Å². The van der Waals surface area contributed by atoms with Crippen LogP contribution in [0, 0.1) is 5.41 Å². The van der Waals surface area contributed by atoms with Crippen molar-refractivity contribution in [3.63, 3.8) is 0 Å². The van der Waals surface area contributed by atoms with Crippen LogP contribution in [0.2, 0.25) is 0 Å². The third kappa shape index (κ3) is 3.64. The summed E-state index contributed by atoms with van der Waals surface area (Å²) in [7, 11) is 1.33. The Labute approximate surface area is 112 Å². The number of nitrogens with one attached hydrogen (secondary N) is 2. The predicted octanol–water partition coefficient (Wildman–Crippen LogP) is 1.06. The molecule has 0 radical (unpaired) electrons. The monoisotopic (exact) mass is 264 g/mol. The third-order valence-corrected chi connectivity index (χ3v) is 3.57. The second-order valence-electron chi connectivity index (χ2n) is 5.21. The van der Waals surface area contributed by atoms with Gasteiger partial charge in [0.1, 0.15) is 5.82 Å². The van der Waals surface area contributed by atoms with E-state index < -0.39 is 5.97 Å². The zero-order valence-electron chi connectivity index (χ0n) is 11.4. The number of hydrogen-bond donors (Lipinski definition) is 2. The molecule has 1 fully saturated rings. The van der Waals surface area contributed by atoms with Crippen LogP contribution in [0.1, 0.15) is 30.3 Å². The molecule has 6 heteroatoms. The van der Waals surface area contributed by atoms with Crippen molar-refractivity contribution in [2.24, 2.45) is 5.41 Å². The van der Waals surface area contributed by atoms with Crippen molar-refractivity contribution < 1.29 is 9.53 Å². The fourth-order valence-electron chi connectivity index (χ4n) is 2.15. The Morgan fingerprint density at radius 2 is 2.16 bits per heavy atom. The van der Waals surface area contributed by atoms with Crippen LogP contribution >= 0.6 is 0 Å². The first-order valence-electron chi connectivity index (χ1n) is 6.50. The molecular formula is C13H20N4O2. The molecule has 0 unspecified atom stereocenters. The molecule has 0 saturated carbocycles. The molecule has 0 amide bonds. The first kappa shape index (κ1) is 13.7. The maximum absolute atomic E-state index is 11.2. The number of nitrogens with zero attached hydrogens (tertiary/aromatic N) is 2. The van der Waals surface area contributed by atoms with E-state index in [4.69, 9.17) is 0 Å². The topological polar surface area (TPSA) is 76.1 Å². The lowest BCUT2D eigenvalue weighted by Gasteiger charge is -2.34. The van der Waals surface area contributed by atoms with E-state index in [2.05, 4.69) is 32.5 Å². The Hall–Kier alpha value is -1.69. The highest BCUT2D eigenvalue weighted by molar-refractivity contribution is 5.86. The van der Waals surface area contributed by atoms with E-state index in [1.54, 1.807) is 12.1 Å². The Balaban J connectivity index is 1.91. The molecule has 0 spiro atoms. The predicted molar refractivity (Wildman–Crippen MR) is 72.1 cm³/mol. The molecule has 0 aliphatic carbocycles. The van der Waals surface area contributed by atoms with Crippen molar-refractivity contribution >= 4 is 11.8 Å². The quantitative estimate of drug-likeness (QED) is 0.792. The molecule has 1 aliphatic heterocycles. The zero-order chi connectivity index (χ0) is 13.7. The van der Waals surface area contributed by atoms with Crippen LogP contribution in [-0.4, -0.2) is 42.9 Å². The molecule has 104 valence electrons. The number of anilines is 1. The van der Waals surface area contributed by atoms with E-state index in [0.29, 0.717) is 5.82 Å². The van der Waals surface area contributed by atoms with Gasteiger partial charge in [-0.2, -0.15) is 0 Å². The van der Waals surface area contributed by atoms with Crippen molar-refractivity contribution in [3.05, 3.63) is 17.8 Å². The Morgan fingerprint density at radius 1 is 1.42 bits per heavy atom. The smallest absolute Gasteiger partial charge is 0.358 e. The standard InChI is InChI=1S/C13H20N4O2/c1-13(5-7-14-8-6-13)9-15-11-4-3-10(16-17-11)12(18)19-2/h3-4,14H,5-9H2,1-2H3,(H,15,17). The summed E-state index contributed by atoms with van der Waals surface area (Å²) in [6.07, 6.45) is 2.29. The highest BCUT2D eigenvalue weighted by atomic mass is 16.5. The maximum Gasteiger partial charge on any atom is 0.358 e. The molecule has 1 aliphatic rings. The number of carbonyl (C=O) groups excluding carboxylic acids is 1. The molecule has 2 N–H and O–H groups in total. The first-order valence-corrected chi connectivity index (χ1v) is 6.50. The summed E-state index contributed by atoms with van der Waals surface area (Å²) >= 11 is 0. The number of methoxy groups -OCH3 is 1. The second-order valence-corrected chi connectivity index (χ2v) is 5.21. The van der Waals surface area contributed by atoms with E-state index in [1.807, 2.05) is 0 Å². The van der Waals surface area contributed by atoms with E-state index >= 15 is 0 Å². The number of carbonyl (C=O) groups is 1. The molecule has 2 rings (SSSR count). The molecule has 19 heavy (non-hydrogen) atoms. The van der Waals surface area contributed by atoms with E-state index in [-0.39, 0.29) is 11.1 Å². The van der Waals surface area contributed by atoms with Crippen LogP contribution < -0.4 is 10.6 Å². The fraction of sp³-hybridized carbons (Fsp3) is 0.615. The number of rotatable bonds is 4. The maximum atomic E-state index is 11.2. The Bertz CT molecular complexity index is 427. The lowest BCUT2D eigenvalue weighted by Crippen LogP contribution is -2.39. The summed E-state index contributed by atoms with van der Waals surface area (Å²) in [6.45, 7) is 5.26. The van der Waals surface area contributed by atoms with Gasteiger partial charge in [0.05, 0.1) is 7.11 Å². The molecule has 1 aromatic heterocycles. The first-order chi connectivity index (χ1) is 9.13. The molecule has 0 atom stereocenters. The number of esters is 1. The van der Waals surface area contributed by atoms with Crippen molar-refractivity contribution in [1.29, 1.82) is 0 Å². The highest BCUT2D eigenvalue weighted by Gasteiger charge is 2.26. The van der Waals surface area contributed by atoms with Crippen molar-refractivity contribution in [1.82, 2.24) is 15.5 Å². The minimum atomic E-state index is -0.468. The normalized spacial score (nSPS) is 17.8. The van der Waals surface area contributed by atoms with Gasteiger partial charge in [-0.1, -0.05) is 6.92 Å². The molecule has 1 aromatic rings. The number of hydrogen-bond acceptors (Lipinski definition) is 6. The SMILES string of the molecule is COC(=O)c1ccc(NCC2(C)CCNCC2)nn1. The zero-order valence-corrected chi connectivity index (χ0v) is 11.4. The van der Waals surface area contributed by atoms with Gasteiger partial charge in [0.15, 0.2) is 5.69 Å². The molecule has 6 nitrogen and oxygen atoms in total. The second kappa shape index (κ2) is 5.97. The van der Waals surface area contributed by atoms with Crippen LogP contribution in [0.15, 0.2) is 12.1 Å². The number of aromatic nitrogens is 2. The van der Waals surface area contributed by atoms with Gasteiger partial charge in [-0.05, 0) is 43.5 Å². The molecule has 0 bridgehead atoms.